The average Bonchev–Trinajstić information content (AvgIpc) is 3.38. The van der Waals surface area contributed by atoms with Gasteiger partial charge in [0.05, 0.1) is 17.6 Å². The summed E-state index contributed by atoms with van der Waals surface area (Å²) in [5, 5.41) is 4.54. The van der Waals surface area contributed by atoms with Crippen molar-refractivity contribution >= 4 is 50.5 Å². The zero-order valence-electron chi connectivity index (χ0n) is 22.2. The van der Waals surface area contributed by atoms with Crippen LogP contribution >= 0.6 is 7.14 Å². The molecule has 7 aromatic rings. The largest absolute Gasteiger partial charge is 0.309 e. The van der Waals surface area contributed by atoms with E-state index in [9.17, 15) is 4.57 Å². The summed E-state index contributed by atoms with van der Waals surface area (Å²) < 4.78 is 17.2. The van der Waals surface area contributed by atoms with Gasteiger partial charge in [-0.2, -0.15) is 0 Å². The first kappa shape index (κ1) is 24.9. The molecule has 194 valence electrons. The summed E-state index contributed by atoms with van der Waals surface area (Å²) in [6.45, 7) is 7.59. The van der Waals surface area contributed by atoms with E-state index in [1.165, 1.54) is 0 Å². The third-order valence-corrected chi connectivity index (χ3v) is 10.7. The van der Waals surface area contributed by atoms with Gasteiger partial charge in [0.2, 0.25) is 0 Å². The van der Waals surface area contributed by atoms with Gasteiger partial charge in [0.25, 0.3) is 0 Å². The third-order valence-electron chi connectivity index (χ3n) is 7.67. The Morgan fingerprint density at radius 2 is 1.05 bits per heavy atom. The van der Waals surface area contributed by atoms with Crippen molar-refractivity contribution < 1.29 is 4.57 Å². The van der Waals surface area contributed by atoms with Crippen molar-refractivity contribution in [3.05, 3.63) is 163 Å². The minimum Gasteiger partial charge on any atom is -0.309 e. The predicted molar refractivity (Wildman–Crippen MR) is 172 cm³/mol. The highest BCUT2D eigenvalue weighted by Crippen LogP contribution is 2.43. The van der Waals surface area contributed by atoms with Gasteiger partial charge >= 0.3 is 0 Å². The molecule has 0 spiro atoms. The van der Waals surface area contributed by atoms with Crippen LogP contribution in [-0.2, 0) is 4.57 Å². The lowest BCUT2D eigenvalue weighted by Gasteiger charge is -2.20. The molecule has 3 nitrogen and oxygen atoms in total. The second-order valence-corrected chi connectivity index (χ2v) is 12.8. The molecule has 0 saturated heterocycles. The Labute approximate surface area is 239 Å². The van der Waals surface area contributed by atoms with Gasteiger partial charge in [-0.1, -0.05) is 109 Å². The van der Waals surface area contributed by atoms with E-state index in [-0.39, 0.29) is 0 Å². The van der Waals surface area contributed by atoms with Crippen molar-refractivity contribution in [3.8, 4) is 16.8 Å². The van der Waals surface area contributed by atoms with Crippen LogP contribution in [0, 0.1) is 6.57 Å². The van der Waals surface area contributed by atoms with Crippen LogP contribution in [0.2, 0.25) is 0 Å². The maximum Gasteiger partial charge on any atom is 0.188 e. The summed E-state index contributed by atoms with van der Waals surface area (Å²) in [6, 6.07) is 50.3. The van der Waals surface area contributed by atoms with Gasteiger partial charge in [0.1, 0.15) is 0 Å². The lowest BCUT2D eigenvalue weighted by molar-refractivity contribution is 0.592. The molecule has 4 heteroatoms. The summed E-state index contributed by atoms with van der Waals surface area (Å²) >= 11 is 0. The third kappa shape index (κ3) is 4.18. The Bertz CT molecular complexity index is 2080. The van der Waals surface area contributed by atoms with Crippen LogP contribution in [0.1, 0.15) is 0 Å². The van der Waals surface area contributed by atoms with Gasteiger partial charge in [-0.3, -0.25) is 0 Å². The number of rotatable bonds is 5. The van der Waals surface area contributed by atoms with Crippen LogP contribution < -0.4 is 15.9 Å². The average molecular weight is 545 g/mol. The molecule has 0 aliphatic heterocycles. The number of aromatic nitrogens is 1. The first-order chi connectivity index (χ1) is 20.2. The monoisotopic (exact) mass is 544 g/mol. The molecule has 0 aliphatic rings. The van der Waals surface area contributed by atoms with E-state index in [4.69, 9.17) is 6.57 Å². The van der Waals surface area contributed by atoms with E-state index in [2.05, 4.69) is 51.9 Å². The number of nitrogens with zero attached hydrogens (tertiary/aromatic N) is 2. The fourth-order valence-electron chi connectivity index (χ4n) is 5.72. The highest BCUT2D eigenvalue weighted by Gasteiger charge is 2.29. The van der Waals surface area contributed by atoms with Gasteiger partial charge in [-0.15, -0.1) is 0 Å². The first-order valence-electron chi connectivity index (χ1n) is 13.5. The lowest BCUT2D eigenvalue weighted by Crippen LogP contribution is -2.25. The maximum absolute atomic E-state index is 15.0. The van der Waals surface area contributed by atoms with Crippen molar-refractivity contribution in [1.29, 1.82) is 0 Å². The Hall–Kier alpha value is -5.16. The number of para-hydroxylation sites is 1. The predicted octanol–water partition coefficient (Wildman–Crippen LogP) is 8.64. The molecular formula is C37H25N2OP. The zero-order valence-corrected chi connectivity index (χ0v) is 23.1. The lowest BCUT2D eigenvalue weighted by atomic mass is 10.0. The Kier molecular flexibility index (Phi) is 6.12. The minimum absolute atomic E-state index is 0.615. The van der Waals surface area contributed by atoms with Crippen molar-refractivity contribution in [2.45, 2.75) is 0 Å². The second kappa shape index (κ2) is 10.1. The standard InChI is InChI=1S/C37H25N2OP/c1-38-29-21-23-37-35(26-29)34-25-28(20-22-36(34)39(37)30-13-5-2-6-14-30)27-12-11-19-33(24-27)41(40,31-15-7-3-8-16-31)32-17-9-4-10-18-32/h2-26H. The van der Waals surface area contributed by atoms with Crippen LogP contribution in [0.5, 0.6) is 0 Å². The van der Waals surface area contributed by atoms with Gasteiger partial charge in [0, 0.05) is 27.0 Å². The van der Waals surface area contributed by atoms with Crippen LogP contribution in [0.15, 0.2) is 152 Å². The van der Waals surface area contributed by atoms with E-state index in [1.54, 1.807) is 0 Å². The molecular weight excluding hydrogens is 519 g/mol. The van der Waals surface area contributed by atoms with E-state index in [1.807, 2.05) is 109 Å². The molecule has 6 aromatic carbocycles. The normalized spacial score (nSPS) is 11.5. The highest BCUT2D eigenvalue weighted by molar-refractivity contribution is 7.85. The fraction of sp³-hybridized carbons (Fsp3) is 0. The number of fused-ring (bicyclic) bond motifs is 3. The molecule has 1 aromatic heterocycles. The molecule has 0 aliphatic carbocycles. The molecule has 0 bridgehead atoms. The molecule has 0 amide bonds. The van der Waals surface area contributed by atoms with E-state index in [0.29, 0.717) is 5.69 Å². The topological polar surface area (TPSA) is 26.4 Å². The van der Waals surface area contributed by atoms with Crippen molar-refractivity contribution in [3.63, 3.8) is 0 Å². The van der Waals surface area contributed by atoms with Gasteiger partial charge in [-0.25, -0.2) is 4.85 Å². The minimum atomic E-state index is -3.10. The summed E-state index contributed by atoms with van der Waals surface area (Å²) in [7, 11) is -3.10. The summed E-state index contributed by atoms with van der Waals surface area (Å²) in [5.41, 5.74) is 5.86. The van der Waals surface area contributed by atoms with Gasteiger partial charge < -0.3 is 9.13 Å². The van der Waals surface area contributed by atoms with E-state index < -0.39 is 7.14 Å². The molecule has 41 heavy (non-hydrogen) atoms. The number of hydrogen-bond donors (Lipinski definition) is 0. The van der Waals surface area contributed by atoms with Gasteiger partial charge in [0.15, 0.2) is 12.8 Å². The maximum atomic E-state index is 15.0. The van der Waals surface area contributed by atoms with Crippen molar-refractivity contribution in [2.75, 3.05) is 0 Å². The highest BCUT2D eigenvalue weighted by atomic mass is 31.2. The first-order valence-corrected chi connectivity index (χ1v) is 15.2. The van der Waals surface area contributed by atoms with Crippen molar-refractivity contribution in [2.24, 2.45) is 0 Å². The molecule has 7 rings (SSSR count). The summed E-state index contributed by atoms with van der Waals surface area (Å²) in [4.78, 5) is 3.70. The SMILES string of the molecule is [C-]#[N+]c1ccc2c(c1)c1cc(-c3cccc(P(=O)(c4ccccc4)c4ccccc4)c3)ccc1n2-c1ccccc1. The fourth-order valence-corrected chi connectivity index (χ4v) is 8.42. The van der Waals surface area contributed by atoms with Crippen LogP contribution in [0.3, 0.4) is 0 Å². The Balaban J connectivity index is 1.44. The molecule has 0 saturated carbocycles. The van der Waals surface area contributed by atoms with E-state index in [0.717, 1.165) is 54.5 Å². The van der Waals surface area contributed by atoms with Gasteiger partial charge in [-0.05, 0) is 59.0 Å². The molecule has 0 radical (unpaired) electrons. The van der Waals surface area contributed by atoms with Crippen LogP contribution in [0.25, 0.3) is 43.5 Å². The zero-order chi connectivity index (χ0) is 27.8. The Morgan fingerprint density at radius 1 is 0.512 bits per heavy atom. The second-order valence-electron chi connectivity index (χ2n) is 10.0. The smallest absolute Gasteiger partial charge is 0.188 e. The van der Waals surface area contributed by atoms with Crippen LogP contribution in [0.4, 0.5) is 5.69 Å². The number of hydrogen-bond acceptors (Lipinski definition) is 1. The molecule has 0 atom stereocenters. The summed E-state index contributed by atoms with van der Waals surface area (Å²) in [6.07, 6.45) is 0. The molecule has 1 heterocycles. The quantitative estimate of drug-likeness (QED) is 0.157. The molecule has 0 N–H and O–H groups in total. The Morgan fingerprint density at radius 3 is 1.68 bits per heavy atom. The van der Waals surface area contributed by atoms with E-state index >= 15 is 0 Å². The summed E-state index contributed by atoms with van der Waals surface area (Å²) in [5.74, 6) is 0. The van der Waals surface area contributed by atoms with Crippen molar-refractivity contribution in [1.82, 2.24) is 4.57 Å². The van der Waals surface area contributed by atoms with Crippen LogP contribution in [-0.4, -0.2) is 4.57 Å². The molecule has 0 fully saturated rings. The number of benzene rings is 6. The molecule has 0 unspecified atom stereocenters.